The van der Waals surface area contributed by atoms with Gasteiger partial charge in [-0.15, -0.1) is 20.4 Å². The van der Waals surface area contributed by atoms with Gasteiger partial charge in [-0.25, -0.2) is 0 Å². The number of nitrogens with one attached hydrogen (secondary N) is 1. The van der Waals surface area contributed by atoms with Crippen molar-refractivity contribution in [2.24, 2.45) is 0 Å². The van der Waals surface area contributed by atoms with Gasteiger partial charge in [-0.1, -0.05) is 44.0 Å². The van der Waals surface area contributed by atoms with Crippen LogP contribution in [0.4, 0.5) is 18.9 Å². The van der Waals surface area contributed by atoms with E-state index >= 15 is 0 Å². The lowest BCUT2D eigenvalue weighted by atomic mass is 9.95. The summed E-state index contributed by atoms with van der Waals surface area (Å²) in [7, 11) is 0. The fourth-order valence-corrected chi connectivity index (χ4v) is 4.70. The van der Waals surface area contributed by atoms with E-state index in [1.165, 1.54) is 24.2 Å². The number of thioether (sulfide) groups is 1. The van der Waals surface area contributed by atoms with Crippen molar-refractivity contribution in [1.82, 2.24) is 25.0 Å². The fourth-order valence-electron chi connectivity index (χ4n) is 3.83. The standard InChI is InChI=1S/C21H25F3N6OS/c1-2-18-27-28-19(31-18)13-32-20-29-26-17(30(20)16-9-4-3-5-10-16)12-25-15-8-6-7-14(11-15)21(22,23)24/h6-8,11,16,25H,2-5,9-10,12-13H2,1H3. The summed E-state index contributed by atoms with van der Waals surface area (Å²) >= 11 is 1.48. The Labute approximate surface area is 188 Å². The van der Waals surface area contributed by atoms with E-state index in [0.717, 1.165) is 43.0 Å². The molecule has 0 amide bonds. The van der Waals surface area contributed by atoms with Crippen molar-refractivity contribution < 1.29 is 17.6 Å². The molecule has 172 valence electrons. The SMILES string of the molecule is CCc1nnc(CSc2nnc(CNc3cccc(C(F)(F)F)c3)n2C2CCCCC2)o1. The van der Waals surface area contributed by atoms with E-state index < -0.39 is 11.7 Å². The Kier molecular flexibility index (Phi) is 7.02. The molecule has 1 saturated carbocycles. The highest BCUT2D eigenvalue weighted by Gasteiger charge is 2.30. The van der Waals surface area contributed by atoms with Gasteiger partial charge in [-0.3, -0.25) is 0 Å². The molecule has 0 aliphatic heterocycles. The van der Waals surface area contributed by atoms with Gasteiger partial charge in [0.15, 0.2) is 11.0 Å². The van der Waals surface area contributed by atoms with Crippen LogP contribution in [0.3, 0.4) is 0 Å². The number of anilines is 1. The van der Waals surface area contributed by atoms with Gasteiger partial charge < -0.3 is 14.3 Å². The van der Waals surface area contributed by atoms with Crippen LogP contribution < -0.4 is 5.32 Å². The van der Waals surface area contributed by atoms with Crippen LogP contribution in [0.15, 0.2) is 33.8 Å². The molecule has 3 aromatic rings. The summed E-state index contributed by atoms with van der Waals surface area (Å²) in [6.07, 6.45) is 1.84. The first kappa shape index (κ1) is 22.6. The molecule has 2 heterocycles. The highest BCUT2D eigenvalue weighted by atomic mass is 32.2. The van der Waals surface area contributed by atoms with Crippen molar-refractivity contribution in [3.05, 3.63) is 47.4 Å². The molecule has 1 fully saturated rings. The minimum absolute atomic E-state index is 0.272. The highest BCUT2D eigenvalue weighted by Crippen LogP contribution is 2.34. The molecule has 0 atom stereocenters. The number of hydrogen-bond donors (Lipinski definition) is 1. The number of aryl methyl sites for hydroxylation is 1. The number of aromatic nitrogens is 5. The zero-order valence-electron chi connectivity index (χ0n) is 17.7. The Bertz CT molecular complexity index is 1030. The molecule has 0 bridgehead atoms. The number of alkyl halides is 3. The maximum Gasteiger partial charge on any atom is 0.416 e. The summed E-state index contributed by atoms with van der Waals surface area (Å²) < 4.78 is 46.8. The minimum Gasteiger partial charge on any atom is -0.424 e. The van der Waals surface area contributed by atoms with Gasteiger partial charge in [0.25, 0.3) is 0 Å². The van der Waals surface area contributed by atoms with E-state index in [1.54, 1.807) is 6.07 Å². The van der Waals surface area contributed by atoms with E-state index in [-0.39, 0.29) is 12.6 Å². The second kappa shape index (κ2) is 9.93. The zero-order chi connectivity index (χ0) is 22.6. The average Bonchev–Trinajstić information content (AvgIpc) is 3.43. The lowest BCUT2D eigenvalue weighted by molar-refractivity contribution is -0.137. The number of rotatable bonds is 8. The monoisotopic (exact) mass is 466 g/mol. The first-order valence-electron chi connectivity index (χ1n) is 10.7. The fraction of sp³-hybridized carbons (Fsp3) is 0.524. The lowest BCUT2D eigenvalue weighted by Crippen LogP contribution is -2.18. The van der Waals surface area contributed by atoms with E-state index in [9.17, 15) is 13.2 Å². The predicted octanol–water partition coefficient (Wildman–Crippen LogP) is 5.65. The van der Waals surface area contributed by atoms with E-state index in [2.05, 4.69) is 30.3 Å². The Balaban J connectivity index is 1.51. The van der Waals surface area contributed by atoms with Crippen molar-refractivity contribution in [2.45, 2.75) is 75.1 Å². The molecule has 2 aromatic heterocycles. The molecular weight excluding hydrogens is 441 g/mol. The van der Waals surface area contributed by atoms with E-state index in [4.69, 9.17) is 4.42 Å². The van der Waals surface area contributed by atoms with Crippen molar-refractivity contribution in [1.29, 1.82) is 0 Å². The topological polar surface area (TPSA) is 81.7 Å². The van der Waals surface area contributed by atoms with Gasteiger partial charge in [0.2, 0.25) is 11.8 Å². The maximum absolute atomic E-state index is 13.0. The van der Waals surface area contributed by atoms with Gasteiger partial charge in [0, 0.05) is 18.2 Å². The molecule has 0 radical (unpaired) electrons. The van der Waals surface area contributed by atoms with Crippen LogP contribution in [0, 0.1) is 0 Å². The largest absolute Gasteiger partial charge is 0.424 e. The zero-order valence-corrected chi connectivity index (χ0v) is 18.5. The highest BCUT2D eigenvalue weighted by molar-refractivity contribution is 7.98. The molecule has 0 saturated heterocycles. The molecule has 11 heteroatoms. The number of halogens is 3. The van der Waals surface area contributed by atoms with Gasteiger partial charge in [-0.2, -0.15) is 13.2 Å². The van der Waals surface area contributed by atoms with Crippen molar-refractivity contribution in [3.63, 3.8) is 0 Å². The van der Waals surface area contributed by atoms with Crippen LogP contribution in [0.25, 0.3) is 0 Å². The second-order valence-corrected chi connectivity index (χ2v) is 8.67. The number of nitrogens with zero attached hydrogens (tertiary/aromatic N) is 5. The molecule has 0 spiro atoms. The summed E-state index contributed by atoms with van der Waals surface area (Å²) in [4.78, 5) is 0. The molecular formula is C21H25F3N6OS. The molecule has 4 rings (SSSR count). The first-order chi connectivity index (χ1) is 15.4. The van der Waals surface area contributed by atoms with Crippen LogP contribution in [-0.4, -0.2) is 25.0 Å². The quantitative estimate of drug-likeness (QED) is 0.430. The summed E-state index contributed by atoms with van der Waals surface area (Å²) in [5, 5.41) is 20.6. The van der Waals surface area contributed by atoms with Crippen LogP contribution in [0.5, 0.6) is 0 Å². The third kappa shape index (κ3) is 5.43. The van der Waals surface area contributed by atoms with Crippen molar-refractivity contribution in [3.8, 4) is 0 Å². The lowest BCUT2D eigenvalue weighted by Gasteiger charge is -2.25. The third-order valence-electron chi connectivity index (χ3n) is 5.45. The first-order valence-corrected chi connectivity index (χ1v) is 11.7. The normalized spacial score (nSPS) is 15.2. The van der Waals surface area contributed by atoms with Gasteiger partial charge in [-0.05, 0) is 31.0 Å². The Morgan fingerprint density at radius 3 is 2.59 bits per heavy atom. The van der Waals surface area contributed by atoms with Gasteiger partial charge in [0.1, 0.15) is 0 Å². The summed E-state index contributed by atoms with van der Waals surface area (Å²) in [5.74, 6) is 2.32. The number of hydrogen-bond acceptors (Lipinski definition) is 7. The smallest absolute Gasteiger partial charge is 0.416 e. The van der Waals surface area contributed by atoms with Crippen molar-refractivity contribution in [2.75, 3.05) is 5.32 Å². The van der Waals surface area contributed by atoms with E-state index in [1.807, 2.05) is 6.92 Å². The molecule has 32 heavy (non-hydrogen) atoms. The maximum atomic E-state index is 13.0. The third-order valence-corrected chi connectivity index (χ3v) is 6.38. The summed E-state index contributed by atoms with van der Waals surface area (Å²) in [5.41, 5.74) is -0.288. The second-order valence-electron chi connectivity index (χ2n) is 7.72. The van der Waals surface area contributed by atoms with Gasteiger partial charge in [0.05, 0.1) is 17.9 Å². The van der Waals surface area contributed by atoms with Crippen LogP contribution in [-0.2, 0) is 24.9 Å². The van der Waals surface area contributed by atoms with Crippen LogP contribution >= 0.6 is 11.8 Å². The van der Waals surface area contributed by atoms with Crippen molar-refractivity contribution >= 4 is 17.4 Å². The molecule has 1 aromatic carbocycles. The van der Waals surface area contributed by atoms with Crippen LogP contribution in [0.2, 0.25) is 0 Å². The Morgan fingerprint density at radius 1 is 1.09 bits per heavy atom. The molecule has 1 aliphatic rings. The Hall–Kier alpha value is -2.56. The molecule has 7 nitrogen and oxygen atoms in total. The molecule has 1 aliphatic carbocycles. The minimum atomic E-state index is -4.38. The van der Waals surface area contributed by atoms with E-state index in [0.29, 0.717) is 35.5 Å². The van der Waals surface area contributed by atoms with Gasteiger partial charge >= 0.3 is 6.18 Å². The number of benzene rings is 1. The summed E-state index contributed by atoms with van der Waals surface area (Å²) in [6.45, 7) is 2.24. The average molecular weight is 467 g/mol. The summed E-state index contributed by atoms with van der Waals surface area (Å²) in [6, 6.07) is 5.46. The Morgan fingerprint density at radius 2 is 1.88 bits per heavy atom. The molecule has 0 unspecified atom stereocenters. The predicted molar refractivity (Wildman–Crippen MR) is 114 cm³/mol. The van der Waals surface area contributed by atoms with Crippen LogP contribution in [0.1, 0.15) is 68.2 Å². The molecule has 1 N–H and O–H groups in total.